The number of rotatable bonds is 7. The third-order valence-electron chi connectivity index (χ3n) is 5.98. The molecule has 5 rings (SSSR count). The van der Waals surface area contributed by atoms with Gasteiger partial charge in [-0.05, 0) is 42.5 Å². The summed E-state index contributed by atoms with van der Waals surface area (Å²) < 4.78 is 12.7. The van der Waals surface area contributed by atoms with E-state index < -0.39 is 16.4 Å². The number of amides is 1. The highest BCUT2D eigenvalue weighted by Gasteiger charge is 2.19. The van der Waals surface area contributed by atoms with Gasteiger partial charge in [0, 0.05) is 23.9 Å². The van der Waals surface area contributed by atoms with Crippen molar-refractivity contribution in [1.82, 2.24) is 4.57 Å². The molecule has 0 unspecified atom stereocenters. The van der Waals surface area contributed by atoms with Gasteiger partial charge in [-0.3, -0.25) is 24.3 Å². The first-order valence-corrected chi connectivity index (χ1v) is 12.9. The highest BCUT2D eigenvalue weighted by atomic mass is 32.1. The zero-order valence-electron chi connectivity index (χ0n) is 21.4. The van der Waals surface area contributed by atoms with Gasteiger partial charge in [-0.2, -0.15) is 5.26 Å². The van der Waals surface area contributed by atoms with E-state index in [0.29, 0.717) is 22.7 Å². The Morgan fingerprint density at radius 3 is 2.56 bits per heavy atom. The Bertz CT molecular complexity index is 2000. The topological polar surface area (TPSA) is 140 Å². The summed E-state index contributed by atoms with van der Waals surface area (Å²) in [5, 5.41) is 24.2. The van der Waals surface area contributed by atoms with Crippen LogP contribution in [0.15, 0.2) is 100 Å². The summed E-state index contributed by atoms with van der Waals surface area (Å²) in [6.45, 7) is 0. The quantitative estimate of drug-likeness (QED) is 0.231. The lowest BCUT2D eigenvalue weighted by atomic mass is 10.1. The Kier molecular flexibility index (Phi) is 7.58. The number of nitrogens with zero attached hydrogens (tertiary/aromatic N) is 3. The number of aromatic nitrogens is 1. The van der Waals surface area contributed by atoms with Crippen molar-refractivity contribution in [1.29, 1.82) is 5.26 Å². The molecule has 0 atom stereocenters. The van der Waals surface area contributed by atoms with Gasteiger partial charge in [0.05, 0.1) is 27.8 Å². The Morgan fingerprint density at radius 2 is 1.83 bits per heavy atom. The fraction of sp³-hybridized carbons (Fsp3) is 0.0333. The van der Waals surface area contributed by atoms with Crippen molar-refractivity contribution in [3.63, 3.8) is 0 Å². The van der Waals surface area contributed by atoms with Gasteiger partial charge in [0.1, 0.15) is 28.0 Å². The molecule has 10 nitrogen and oxygen atoms in total. The lowest BCUT2D eigenvalue weighted by molar-refractivity contribution is -0.384. The van der Waals surface area contributed by atoms with Gasteiger partial charge in [-0.15, -0.1) is 11.3 Å². The second-order valence-electron chi connectivity index (χ2n) is 8.54. The number of benzene rings is 3. The number of hydrogen-bond donors (Lipinski definition) is 1. The number of carbonyl (C=O) groups is 1. The Balaban J connectivity index is 1.65. The van der Waals surface area contributed by atoms with Crippen LogP contribution in [0.1, 0.15) is 5.76 Å². The standard InChI is InChI=1S/C30H20N4O6S/c1-39-21-11-7-8-19(16-21)32-28(35)24(18-31)30-33(20-9-3-2-4-10-20)29(36)27(41-30)17-22-14-15-26(40-22)23-12-5-6-13-25(23)34(37)38/h2-17H,1H3,(H,32,35). The summed E-state index contributed by atoms with van der Waals surface area (Å²) >= 11 is 0.950. The molecule has 0 radical (unpaired) electrons. The molecule has 0 aliphatic carbocycles. The maximum absolute atomic E-state index is 13.6. The minimum Gasteiger partial charge on any atom is -0.497 e. The molecule has 0 fully saturated rings. The molecule has 0 saturated carbocycles. The highest BCUT2D eigenvalue weighted by molar-refractivity contribution is 7.07. The minimum atomic E-state index is -0.699. The second kappa shape index (κ2) is 11.6. The monoisotopic (exact) mass is 564 g/mol. The summed E-state index contributed by atoms with van der Waals surface area (Å²) in [6.07, 6.45) is 1.48. The van der Waals surface area contributed by atoms with Gasteiger partial charge in [0.25, 0.3) is 17.2 Å². The zero-order valence-corrected chi connectivity index (χ0v) is 22.3. The Morgan fingerprint density at radius 1 is 1.07 bits per heavy atom. The van der Waals surface area contributed by atoms with Gasteiger partial charge < -0.3 is 14.5 Å². The van der Waals surface area contributed by atoms with Crippen LogP contribution in [0, 0.1) is 21.4 Å². The van der Waals surface area contributed by atoms with E-state index in [2.05, 4.69) is 5.32 Å². The van der Waals surface area contributed by atoms with Crippen molar-refractivity contribution in [2.24, 2.45) is 0 Å². The van der Waals surface area contributed by atoms with Crippen molar-refractivity contribution >= 4 is 40.3 Å². The van der Waals surface area contributed by atoms with Gasteiger partial charge in [0.15, 0.2) is 5.57 Å². The molecule has 0 spiro atoms. The number of methoxy groups -OCH3 is 1. The van der Waals surface area contributed by atoms with Crippen LogP contribution in [0.2, 0.25) is 0 Å². The summed E-state index contributed by atoms with van der Waals surface area (Å²) in [7, 11) is 1.50. The van der Waals surface area contributed by atoms with Crippen LogP contribution in [0.25, 0.3) is 28.7 Å². The van der Waals surface area contributed by atoms with Crippen molar-refractivity contribution in [2.45, 2.75) is 0 Å². The first-order valence-electron chi connectivity index (χ1n) is 12.1. The predicted octanol–water partition coefficient (Wildman–Crippen LogP) is 4.22. The van der Waals surface area contributed by atoms with Gasteiger partial charge in [-0.1, -0.05) is 36.4 Å². The third kappa shape index (κ3) is 5.54. The number of nitro groups is 1. The molecule has 5 aromatic rings. The SMILES string of the molecule is COc1cccc(NC(=O)C(C#N)=c2sc(=Cc3ccc(-c4ccccc4[N+](=O)[O-])o3)c(=O)n2-c2ccccc2)c1. The molecule has 0 aliphatic heterocycles. The minimum absolute atomic E-state index is 0.117. The average molecular weight is 565 g/mol. The van der Waals surface area contributed by atoms with Crippen molar-refractivity contribution in [2.75, 3.05) is 12.4 Å². The number of thiazole rings is 1. The number of nitrogens with one attached hydrogen (secondary N) is 1. The van der Waals surface area contributed by atoms with Crippen LogP contribution in [0.5, 0.6) is 5.75 Å². The number of para-hydroxylation sites is 2. The largest absolute Gasteiger partial charge is 0.497 e. The van der Waals surface area contributed by atoms with E-state index in [9.17, 15) is 25.0 Å². The molecule has 0 bridgehead atoms. The molecule has 0 aliphatic rings. The third-order valence-corrected chi connectivity index (χ3v) is 7.08. The molecule has 2 heterocycles. The van der Waals surface area contributed by atoms with Crippen LogP contribution in [-0.4, -0.2) is 22.5 Å². The number of carbonyl (C=O) groups excluding carboxylic acids is 1. The Labute approximate surface area is 236 Å². The number of ether oxygens (including phenoxy) is 1. The number of anilines is 1. The molecule has 2 aromatic heterocycles. The first kappa shape index (κ1) is 26.9. The maximum atomic E-state index is 13.6. The lowest BCUT2D eigenvalue weighted by Crippen LogP contribution is -2.32. The molecule has 41 heavy (non-hydrogen) atoms. The van der Waals surface area contributed by atoms with Crippen LogP contribution >= 0.6 is 11.3 Å². The second-order valence-corrected chi connectivity index (χ2v) is 9.57. The van der Waals surface area contributed by atoms with Crippen LogP contribution in [0.4, 0.5) is 11.4 Å². The van der Waals surface area contributed by atoms with Crippen LogP contribution in [-0.2, 0) is 4.79 Å². The fourth-order valence-electron chi connectivity index (χ4n) is 4.10. The highest BCUT2D eigenvalue weighted by Crippen LogP contribution is 2.31. The number of nitriles is 1. The average Bonchev–Trinajstić information content (AvgIpc) is 3.58. The molecule has 11 heteroatoms. The smallest absolute Gasteiger partial charge is 0.280 e. The predicted molar refractivity (Wildman–Crippen MR) is 154 cm³/mol. The normalized spacial score (nSPS) is 12.0. The van der Waals surface area contributed by atoms with E-state index in [1.165, 1.54) is 23.8 Å². The van der Waals surface area contributed by atoms with E-state index in [1.807, 2.05) is 6.07 Å². The number of hydrogen-bond acceptors (Lipinski definition) is 8. The number of furan rings is 1. The molecular weight excluding hydrogens is 544 g/mol. The van der Waals surface area contributed by atoms with Gasteiger partial charge >= 0.3 is 0 Å². The van der Waals surface area contributed by atoms with Crippen LogP contribution < -0.4 is 24.8 Å². The molecule has 202 valence electrons. The van der Waals surface area contributed by atoms with Gasteiger partial charge in [0.2, 0.25) is 0 Å². The van der Waals surface area contributed by atoms with E-state index in [1.54, 1.807) is 84.9 Å². The lowest BCUT2D eigenvalue weighted by Gasteiger charge is -2.07. The molecule has 1 amide bonds. The van der Waals surface area contributed by atoms with Gasteiger partial charge in [-0.25, -0.2) is 0 Å². The van der Waals surface area contributed by atoms with E-state index in [0.717, 1.165) is 11.3 Å². The van der Waals surface area contributed by atoms with Crippen molar-refractivity contribution in [3.8, 4) is 28.8 Å². The van der Waals surface area contributed by atoms with Crippen molar-refractivity contribution < 1.29 is 18.9 Å². The molecule has 1 N–H and O–H groups in total. The molecule has 0 saturated heterocycles. The van der Waals surface area contributed by atoms with Crippen molar-refractivity contribution in [3.05, 3.63) is 126 Å². The van der Waals surface area contributed by atoms with E-state index >= 15 is 0 Å². The summed E-state index contributed by atoms with van der Waals surface area (Å²) in [5.41, 5.74) is 0.316. The maximum Gasteiger partial charge on any atom is 0.280 e. The van der Waals surface area contributed by atoms with Crippen LogP contribution in [0.3, 0.4) is 0 Å². The first-order chi connectivity index (χ1) is 19.9. The number of nitro benzene ring substituents is 1. The van der Waals surface area contributed by atoms with E-state index in [-0.39, 0.29) is 32.0 Å². The fourth-order valence-corrected chi connectivity index (χ4v) is 5.18. The zero-order chi connectivity index (χ0) is 28.9. The summed E-state index contributed by atoms with van der Waals surface area (Å²) in [4.78, 5) is 37.8. The van der Waals surface area contributed by atoms with E-state index in [4.69, 9.17) is 9.15 Å². The summed E-state index contributed by atoms with van der Waals surface area (Å²) in [6, 6.07) is 26.6. The molecular formula is C30H20N4O6S. The molecule has 3 aromatic carbocycles. The summed E-state index contributed by atoms with van der Waals surface area (Å²) in [5.74, 6) is 0.345. The Hall–Kier alpha value is -5.73.